The van der Waals surface area contributed by atoms with E-state index in [2.05, 4.69) is 18.9 Å². The molecule has 4 heteroatoms. The first-order valence-corrected chi connectivity index (χ1v) is 7.31. The zero-order valence-corrected chi connectivity index (χ0v) is 12.1. The van der Waals surface area contributed by atoms with Gasteiger partial charge in [-0.25, -0.2) is 0 Å². The fraction of sp³-hybridized carbons (Fsp3) is 0.625. The van der Waals surface area contributed by atoms with Crippen LogP contribution in [-0.2, 0) is 19.0 Å². The number of fused-ring (bicyclic) bond motifs is 1. The van der Waals surface area contributed by atoms with Gasteiger partial charge in [0.15, 0.2) is 0 Å². The zero-order chi connectivity index (χ0) is 14.8. The summed E-state index contributed by atoms with van der Waals surface area (Å²) in [5.41, 5.74) is 1.45. The van der Waals surface area contributed by atoms with Gasteiger partial charge >= 0.3 is 6.18 Å². The van der Waals surface area contributed by atoms with Crippen molar-refractivity contribution in [1.29, 1.82) is 0 Å². The maximum Gasteiger partial charge on any atom is 0.416 e. The molecule has 0 aromatic heterocycles. The van der Waals surface area contributed by atoms with Gasteiger partial charge in [-0.1, -0.05) is 13.0 Å². The third kappa shape index (κ3) is 3.54. The number of alkyl halides is 3. The molecule has 1 atom stereocenters. The Morgan fingerprint density at radius 1 is 1.15 bits per heavy atom. The van der Waals surface area contributed by atoms with Crippen LogP contribution in [0.15, 0.2) is 18.2 Å². The average molecular weight is 285 g/mol. The summed E-state index contributed by atoms with van der Waals surface area (Å²) >= 11 is 0. The number of aryl methyl sites for hydroxylation is 2. The standard InChI is InChI=1S/C16H22F3N/c1-3-10-20(2)15-8-5-12-4-7-14(16(17,18)19)11-13(12)6-9-15/h4,7,11,15H,3,5-6,8-10H2,1-2H3. The SMILES string of the molecule is CCCN(C)C1CCc2ccc(C(F)(F)F)cc2CC1. The fourth-order valence-corrected chi connectivity index (χ4v) is 3.04. The summed E-state index contributed by atoms with van der Waals surface area (Å²) in [5, 5.41) is 0. The van der Waals surface area contributed by atoms with Crippen LogP contribution in [0.25, 0.3) is 0 Å². The summed E-state index contributed by atoms with van der Waals surface area (Å²) in [7, 11) is 2.12. The summed E-state index contributed by atoms with van der Waals surface area (Å²) < 4.78 is 38.3. The minimum absolute atomic E-state index is 0.483. The minimum Gasteiger partial charge on any atom is -0.303 e. The van der Waals surface area contributed by atoms with Crippen LogP contribution in [0.5, 0.6) is 0 Å². The van der Waals surface area contributed by atoms with Gasteiger partial charge in [0.1, 0.15) is 0 Å². The molecule has 0 amide bonds. The number of nitrogens with zero attached hydrogens (tertiary/aromatic N) is 1. The van der Waals surface area contributed by atoms with Crippen LogP contribution < -0.4 is 0 Å². The Morgan fingerprint density at radius 3 is 2.40 bits per heavy atom. The van der Waals surface area contributed by atoms with E-state index in [1.807, 2.05) is 0 Å². The van der Waals surface area contributed by atoms with E-state index in [1.165, 1.54) is 12.1 Å². The van der Waals surface area contributed by atoms with Crippen LogP contribution in [0.1, 0.15) is 42.9 Å². The molecule has 1 aliphatic carbocycles. The Kier molecular flexibility index (Phi) is 4.74. The maximum absolute atomic E-state index is 12.8. The molecule has 0 saturated carbocycles. The summed E-state index contributed by atoms with van der Waals surface area (Å²) in [5.74, 6) is 0. The van der Waals surface area contributed by atoms with E-state index >= 15 is 0 Å². The van der Waals surface area contributed by atoms with Crippen LogP contribution in [0.4, 0.5) is 13.2 Å². The second-order valence-corrected chi connectivity index (χ2v) is 5.69. The van der Waals surface area contributed by atoms with Crippen molar-refractivity contribution >= 4 is 0 Å². The summed E-state index contributed by atoms with van der Waals surface area (Å²) in [4.78, 5) is 2.34. The third-order valence-corrected chi connectivity index (χ3v) is 4.23. The monoisotopic (exact) mass is 285 g/mol. The lowest BCUT2D eigenvalue weighted by Gasteiger charge is -2.26. The van der Waals surface area contributed by atoms with Crippen LogP contribution in [-0.4, -0.2) is 24.5 Å². The molecule has 0 saturated heterocycles. The van der Waals surface area contributed by atoms with Crippen molar-refractivity contribution in [1.82, 2.24) is 4.90 Å². The van der Waals surface area contributed by atoms with Gasteiger partial charge in [0.05, 0.1) is 5.56 Å². The summed E-state index contributed by atoms with van der Waals surface area (Å²) in [6.45, 7) is 3.20. The van der Waals surface area contributed by atoms with Crippen LogP contribution in [0, 0.1) is 0 Å². The number of benzene rings is 1. The van der Waals surface area contributed by atoms with E-state index in [0.29, 0.717) is 6.04 Å². The first-order chi connectivity index (χ1) is 9.41. The molecule has 1 aromatic carbocycles. The topological polar surface area (TPSA) is 3.24 Å². The predicted molar refractivity (Wildman–Crippen MR) is 74.8 cm³/mol. The van der Waals surface area contributed by atoms with E-state index in [4.69, 9.17) is 0 Å². The molecular weight excluding hydrogens is 263 g/mol. The highest BCUT2D eigenvalue weighted by Gasteiger charge is 2.31. The molecule has 2 rings (SSSR count). The Morgan fingerprint density at radius 2 is 1.80 bits per heavy atom. The molecule has 0 heterocycles. The molecule has 112 valence electrons. The fourth-order valence-electron chi connectivity index (χ4n) is 3.04. The van der Waals surface area contributed by atoms with Crippen molar-refractivity contribution in [2.45, 2.75) is 51.2 Å². The van der Waals surface area contributed by atoms with Crippen molar-refractivity contribution < 1.29 is 13.2 Å². The minimum atomic E-state index is -4.24. The van der Waals surface area contributed by atoms with Gasteiger partial charge in [-0.15, -0.1) is 0 Å². The molecule has 1 aliphatic rings. The zero-order valence-electron chi connectivity index (χ0n) is 12.1. The number of halogens is 3. The quantitative estimate of drug-likeness (QED) is 0.749. The van der Waals surface area contributed by atoms with Gasteiger partial charge in [0, 0.05) is 6.04 Å². The summed E-state index contributed by atoms with van der Waals surface area (Å²) in [6.07, 6.45) is 0.488. The molecule has 0 spiro atoms. The van der Waals surface area contributed by atoms with E-state index in [1.54, 1.807) is 6.07 Å². The lowest BCUT2D eigenvalue weighted by atomic mass is 10.00. The molecule has 0 bridgehead atoms. The normalized spacial score (nSPS) is 19.8. The van der Waals surface area contributed by atoms with Crippen LogP contribution in [0.2, 0.25) is 0 Å². The Hall–Kier alpha value is -1.03. The highest BCUT2D eigenvalue weighted by Crippen LogP contribution is 2.32. The maximum atomic E-state index is 12.8. The highest BCUT2D eigenvalue weighted by molar-refractivity contribution is 5.34. The molecule has 1 nitrogen and oxygen atoms in total. The molecule has 20 heavy (non-hydrogen) atoms. The molecule has 0 fully saturated rings. The van der Waals surface area contributed by atoms with Crippen molar-refractivity contribution in [3.8, 4) is 0 Å². The van der Waals surface area contributed by atoms with E-state index < -0.39 is 11.7 Å². The van der Waals surface area contributed by atoms with Crippen LogP contribution >= 0.6 is 0 Å². The third-order valence-electron chi connectivity index (χ3n) is 4.23. The van der Waals surface area contributed by atoms with Gasteiger partial charge < -0.3 is 4.90 Å². The van der Waals surface area contributed by atoms with E-state index in [0.717, 1.165) is 49.8 Å². The second-order valence-electron chi connectivity index (χ2n) is 5.69. The smallest absolute Gasteiger partial charge is 0.303 e. The van der Waals surface area contributed by atoms with Gasteiger partial charge in [0.25, 0.3) is 0 Å². The second kappa shape index (κ2) is 6.17. The van der Waals surface area contributed by atoms with Crippen molar-refractivity contribution in [2.24, 2.45) is 0 Å². The van der Waals surface area contributed by atoms with Gasteiger partial charge in [0.2, 0.25) is 0 Å². The first-order valence-electron chi connectivity index (χ1n) is 7.31. The average Bonchev–Trinajstić information content (AvgIpc) is 2.59. The molecular formula is C16H22F3N. The first kappa shape index (κ1) is 15.4. The largest absolute Gasteiger partial charge is 0.416 e. The molecule has 1 aromatic rings. The number of rotatable bonds is 3. The molecule has 0 aliphatic heterocycles. The lowest BCUT2D eigenvalue weighted by molar-refractivity contribution is -0.137. The van der Waals surface area contributed by atoms with Gasteiger partial charge in [-0.2, -0.15) is 13.2 Å². The van der Waals surface area contributed by atoms with E-state index in [-0.39, 0.29) is 0 Å². The van der Waals surface area contributed by atoms with Crippen molar-refractivity contribution in [3.05, 3.63) is 34.9 Å². The number of hydrogen-bond donors (Lipinski definition) is 0. The Labute approximate surface area is 118 Å². The number of hydrogen-bond acceptors (Lipinski definition) is 1. The van der Waals surface area contributed by atoms with E-state index in [9.17, 15) is 13.2 Å². The van der Waals surface area contributed by atoms with Crippen molar-refractivity contribution in [2.75, 3.05) is 13.6 Å². The Bertz CT molecular complexity index is 454. The van der Waals surface area contributed by atoms with Crippen molar-refractivity contribution in [3.63, 3.8) is 0 Å². The van der Waals surface area contributed by atoms with Gasteiger partial charge in [-0.3, -0.25) is 0 Å². The highest BCUT2D eigenvalue weighted by atomic mass is 19.4. The molecule has 1 unspecified atom stereocenters. The Balaban J connectivity index is 2.13. The van der Waals surface area contributed by atoms with Gasteiger partial charge in [-0.05, 0) is 69.0 Å². The lowest BCUT2D eigenvalue weighted by Crippen LogP contribution is -2.32. The predicted octanol–water partition coefficient (Wildman–Crippen LogP) is 4.29. The van der Waals surface area contributed by atoms with Crippen LogP contribution in [0.3, 0.4) is 0 Å². The molecule has 0 radical (unpaired) electrons. The molecule has 0 N–H and O–H groups in total. The summed E-state index contributed by atoms with van der Waals surface area (Å²) in [6, 6.07) is 4.71.